The molecule has 0 fully saturated rings. The third kappa shape index (κ3) is 4.46. The summed E-state index contributed by atoms with van der Waals surface area (Å²) in [5.41, 5.74) is 0.981. The van der Waals surface area contributed by atoms with Gasteiger partial charge in [-0.3, -0.25) is 4.79 Å². The fraction of sp³-hybridized carbons (Fsp3) is 0.417. The Morgan fingerprint density at radius 3 is 2.39 bits per heavy atom. The average Bonchev–Trinajstić information content (AvgIpc) is 2.34. The monoisotopic (exact) mass is 270 g/mol. The van der Waals surface area contributed by atoms with E-state index in [0.29, 0.717) is 6.54 Å². The third-order valence-electron chi connectivity index (χ3n) is 2.33. The molecule has 5 nitrogen and oxygen atoms in total. The van der Waals surface area contributed by atoms with Crippen LogP contribution in [0.2, 0.25) is 0 Å². The lowest BCUT2D eigenvalue weighted by atomic mass is 10.2. The van der Waals surface area contributed by atoms with Crippen molar-refractivity contribution in [2.45, 2.75) is 25.2 Å². The Morgan fingerprint density at radius 1 is 1.22 bits per heavy atom. The Kier molecular flexibility index (Phi) is 5.30. The van der Waals surface area contributed by atoms with Crippen LogP contribution in [0.15, 0.2) is 29.2 Å². The third-order valence-corrected chi connectivity index (χ3v) is 3.74. The summed E-state index contributed by atoms with van der Waals surface area (Å²) < 4.78 is 25.9. The molecule has 100 valence electrons. The van der Waals surface area contributed by atoms with Gasteiger partial charge in [-0.05, 0) is 25.5 Å². The lowest BCUT2D eigenvalue weighted by Gasteiger charge is -2.07. The first-order chi connectivity index (χ1) is 8.45. The van der Waals surface area contributed by atoms with E-state index >= 15 is 0 Å². The Balaban J connectivity index is 2.60. The molecule has 0 radical (unpaired) electrons. The molecule has 0 aliphatic heterocycles. The van der Waals surface area contributed by atoms with Crippen LogP contribution in [-0.4, -0.2) is 27.4 Å². The Labute approximate surface area is 108 Å². The van der Waals surface area contributed by atoms with Gasteiger partial charge in [0.05, 0.1) is 11.4 Å². The van der Waals surface area contributed by atoms with E-state index in [1.807, 2.05) is 13.8 Å². The Bertz CT molecular complexity index is 495. The largest absolute Gasteiger partial charge is 0.355 e. The van der Waals surface area contributed by atoms with Gasteiger partial charge in [-0.1, -0.05) is 24.6 Å². The van der Waals surface area contributed by atoms with Gasteiger partial charge in [0.2, 0.25) is 15.9 Å². The minimum atomic E-state index is -3.61. The number of rotatable bonds is 6. The van der Waals surface area contributed by atoms with Crippen molar-refractivity contribution < 1.29 is 13.2 Å². The fourth-order valence-corrected chi connectivity index (χ4v) is 2.27. The highest BCUT2D eigenvalue weighted by Crippen LogP contribution is 2.09. The number of sulfonamides is 1. The molecule has 0 atom stereocenters. The Morgan fingerprint density at radius 2 is 1.83 bits per heavy atom. The highest BCUT2D eigenvalue weighted by molar-refractivity contribution is 7.89. The molecule has 0 heterocycles. The molecule has 1 amide bonds. The van der Waals surface area contributed by atoms with Crippen molar-refractivity contribution in [2.75, 3.05) is 13.1 Å². The van der Waals surface area contributed by atoms with Crippen molar-refractivity contribution in [2.24, 2.45) is 0 Å². The maximum absolute atomic E-state index is 11.8. The van der Waals surface area contributed by atoms with Gasteiger partial charge in [-0.15, -0.1) is 0 Å². The minimum Gasteiger partial charge on any atom is -0.355 e. The van der Waals surface area contributed by atoms with Crippen LogP contribution < -0.4 is 10.0 Å². The van der Waals surface area contributed by atoms with E-state index < -0.39 is 10.0 Å². The molecule has 0 bridgehead atoms. The van der Waals surface area contributed by atoms with E-state index in [1.54, 1.807) is 12.1 Å². The molecule has 0 aliphatic carbocycles. The summed E-state index contributed by atoms with van der Waals surface area (Å²) in [6.07, 6.45) is 0.816. The molecule has 0 saturated heterocycles. The quantitative estimate of drug-likeness (QED) is 0.803. The smallest absolute Gasteiger partial charge is 0.241 e. The summed E-state index contributed by atoms with van der Waals surface area (Å²) in [5, 5.41) is 2.60. The van der Waals surface area contributed by atoms with Crippen LogP contribution in [0.3, 0.4) is 0 Å². The van der Waals surface area contributed by atoms with Crippen molar-refractivity contribution >= 4 is 15.9 Å². The topological polar surface area (TPSA) is 75.3 Å². The van der Waals surface area contributed by atoms with Crippen LogP contribution in [0.5, 0.6) is 0 Å². The van der Waals surface area contributed by atoms with Gasteiger partial charge in [0.1, 0.15) is 0 Å². The maximum Gasteiger partial charge on any atom is 0.241 e. The number of aryl methyl sites for hydroxylation is 1. The van der Waals surface area contributed by atoms with Gasteiger partial charge in [0.25, 0.3) is 0 Å². The van der Waals surface area contributed by atoms with Gasteiger partial charge in [0.15, 0.2) is 0 Å². The summed E-state index contributed by atoms with van der Waals surface area (Å²) in [7, 11) is -3.61. The van der Waals surface area contributed by atoms with Gasteiger partial charge in [-0.25, -0.2) is 13.1 Å². The Hall–Kier alpha value is -1.40. The van der Waals surface area contributed by atoms with E-state index in [-0.39, 0.29) is 17.3 Å². The molecule has 0 aliphatic rings. The van der Waals surface area contributed by atoms with Crippen LogP contribution in [0.1, 0.15) is 18.9 Å². The van der Waals surface area contributed by atoms with Gasteiger partial charge in [0, 0.05) is 6.54 Å². The zero-order valence-corrected chi connectivity index (χ0v) is 11.4. The van der Waals surface area contributed by atoms with E-state index in [9.17, 15) is 13.2 Å². The van der Waals surface area contributed by atoms with Crippen LogP contribution in [-0.2, 0) is 14.8 Å². The maximum atomic E-state index is 11.8. The molecule has 1 rings (SSSR count). The summed E-state index contributed by atoms with van der Waals surface area (Å²) in [4.78, 5) is 11.5. The van der Waals surface area contributed by atoms with Crippen molar-refractivity contribution in [3.8, 4) is 0 Å². The standard InChI is InChI=1S/C12H18N2O3S/c1-3-8-13-12(15)9-14-18(16,17)11-6-4-10(2)5-7-11/h4-7,14H,3,8-9H2,1-2H3,(H,13,15). The fourth-order valence-electron chi connectivity index (χ4n) is 1.29. The first-order valence-corrected chi connectivity index (χ1v) is 7.27. The predicted octanol–water partition coefficient (Wildman–Crippen LogP) is 0.800. The molecule has 0 unspecified atom stereocenters. The van der Waals surface area contributed by atoms with Crippen molar-refractivity contribution in [1.29, 1.82) is 0 Å². The first-order valence-electron chi connectivity index (χ1n) is 5.78. The lowest BCUT2D eigenvalue weighted by molar-refractivity contribution is -0.119. The number of carbonyl (C=O) groups is 1. The van der Waals surface area contributed by atoms with Gasteiger partial charge in [-0.2, -0.15) is 0 Å². The molecule has 0 saturated carbocycles. The first kappa shape index (κ1) is 14.7. The summed E-state index contributed by atoms with van der Waals surface area (Å²) in [5.74, 6) is -0.326. The van der Waals surface area contributed by atoms with Crippen molar-refractivity contribution in [3.63, 3.8) is 0 Å². The zero-order chi connectivity index (χ0) is 13.6. The lowest BCUT2D eigenvalue weighted by Crippen LogP contribution is -2.37. The van der Waals surface area contributed by atoms with Crippen LogP contribution in [0.4, 0.5) is 0 Å². The van der Waals surface area contributed by atoms with Crippen molar-refractivity contribution in [1.82, 2.24) is 10.0 Å². The molecule has 6 heteroatoms. The molecule has 0 aromatic heterocycles. The van der Waals surface area contributed by atoms with Crippen LogP contribution in [0.25, 0.3) is 0 Å². The van der Waals surface area contributed by atoms with Gasteiger partial charge < -0.3 is 5.32 Å². The molecule has 1 aromatic rings. The second kappa shape index (κ2) is 6.51. The number of hydrogen-bond acceptors (Lipinski definition) is 3. The summed E-state index contributed by atoms with van der Waals surface area (Å²) in [6, 6.07) is 6.46. The number of hydrogen-bond donors (Lipinski definition) is 2. The number of amides is 1. The summed E-state index contributed by atoms with van der Waals surface area (Å²) >= 11 is 0. The minimum absolute atomic E-state index is 0.163. The van der Waals surface area contributed by atoms with Crippen LogP contribution >= 0.6 is 0 Å². The van der Waals surface area contributed by atoms with E-state index in [4.69, 9.17) is 0 Å². The summed E-state index contributed by atoms with van der Waals surface area (Å²) in [6.45, 7) is 4.11. The number of benzene rings is 1. The van der Waals surface area contributed by atoms with Crippen molar-refractivity contribution in [3.05, 3.63) is 29.8 Å². The van der Waals surface area contributed by atoms with E-state index in [1.165, 1.54) is 12.1 Å². The second-order valence-electron chi connectivity index (χ2n) is 3.99. The van der Waals surface area contributed by atoms with E-state index in [2.05, 4.69) is 10.0 Å². The number of nitrogens with one attached hydrogen (secondary N) is 2. The predicted molar refractivity (Wildman–Crippen MR) is 69.7 cm³/mol. The van der Waals surface area contributed by atoms with Crippen LogP contribution in [0, 0.1) is 6.92 Å². The molecule has 0 spiro atoms. The molecule has 2 N–H and O–H groups in total. The number of carbonyl (C=O) groups excluding carboxylic acids is 1. The molecule has 1 aromatic carbocycles. The SMILES string of the molecule is CCCNC(=O)CNS(=O)(=O)c1ccc(C)cc1. The average molecular weight is 270 g/mol. The zero-order valence-electron chi connectivity index (χ0n) is 10.6. The molecular formula is C12H18N2O3S. The molecular weight excluding hydrogens is 252 g/mol. The highest BCUT2D eigenvalue weighted by Gasteiger charge is 2.14. The highest BCUT2D eigenvalue weighted by atomic mass is 32.2. The second-order valence-corrected chi connectivity index (χ2v) is 5.75. The molecule has 18 heavy (non-hydrogen) atoms. The van der Waals surface area contributed by atoms with Gasteiger partial charge >= 0.3 is 0 Å². The normalized spacial score (nSPS) is 11.2. The van der Waals surface area contributed by atoms with E-state index in [0.717, 1.165) is 12.0 Å².